The van der Waals surface area contributed by atoms with Gasteiger partial charge in [0.1, 0.15) is 18.8 Å². The molecule has 1 saturated carbocycles. The molecule has 2 aliphatic carbocycles. The summed E-state index contributed by atoms with van der Waals surface area (Å²) in [7, 11) is 0. The molecule has 29 heavy (non-hydrogen) atoms. The largest absolute Gasteiger partial charge is 0.472 e. The molecule has 3 heterocycles. The second kappa shape index (κ2) is 6.21. The molecule has 7 nitrogen and oxygen atoms in total. The number of esters is 3. The van der Waals surface area contributed by atoms with Gasteiger partial charge in [-0.15, -0.1) is 0 Å². The highest BCUT2D eigenvalue weighted by molar-refractivity contribution is 5.80. The van der Waals surface area contributed by atoms with Gasteiger partial charge in [0.05, 0.1) is 29.8 Å². The van der Waals surface area contributed by atoms with Crippen LogP contribution in [0.2, 0.25) is 0 Å². The van der Waals surface area contributed by atoms with Gasteiger partial charge in [0, 0.05) is 12.5 Å². The summed E-state index contributed by atoms with van der Waals surface area (Å²) in [6.45, 7) is 3.68. The smallest absolute Gasteiger partial charge is 0.313 e. The standard InChI is InChI=1S/C22H24O7/c1-12(23)28-18-8-15-20(25)29-16(13-6-7-26-10-13)9-21(15,2)17-5-3-4-14-19(24)27-11-22(14,17)18/h3-4,6-7,10,14-18H,5,8-9,11H2,1-2H3/t14-,15-,16+,17+,18+,21-,22-/m0/s1. The summed E-state index contributed by atoms with van der Waals surface area (Å²) < 4.78 is 22.2. The van der Waals surface area contributed by atoms with E-state index in [0.29, 0.717) is 19.3 Å². The van der Waals surface area contributed by atoms with E-state index < -0.39 is 40.8 Å². The van der Waals surface area contributed by atoms with E-state index in [1.807, 2.05) is 18.2 Å². The second-order valence-corrected chi connectivity index (χ2v) is 8.99. The van der Waals surface area contributed by atoms with Crippen molar-refractivity contribution in [3.8, 4) is 0 Å². The van der Waals surface area contributed by atoms with Gasteiger partial charge in [-0.3, -0.25) is 14.4 Å². The van der Waals surface area contributed by atoms with Gasteiger partial charge >= 0.3 is 17.9 Å². The minimum absolute atomic E-state index is 0.0539. The number of furan rings is 1. The van der Waals surface area contributed by atoms with Crippen LogP contribution < -0.4 is 0 Å². The molecular weight excluding hydrogens is 376 g/mol. The van der Waals surface area contributed by atoms with Gasteiger partial charge in [-0.05, 0) is 36.7 Å². The average molecular weight is 400 g/mol. The molecule has 0 amide bonds. The zero-order valence-corrected chi connectivity index (χ0v) is 16.5. The third-order valence-corrected chi connectivity index (χ3v) is 7.68. The Balaban J connectivity index is 1.61. The van der Waals surface area contributed by atoms with E-state index in [0.717, 1.165) is 5.56 Å². The number of fused-ring (bicyclic) bond motifs is 2. The van der Waals surface area contributed by atoms with Crippen molar-refractivity contribution >= 4 is 17.9 Å². The zero-order valence-electron chi connectivity index (χ0n) is 16.5. The minimum Gasteiger partial charge on any atom is -0.472 e. The van der Waals surface area contributed by atoms with E-state index in [9.17, 15) is 14.4 Å². The molecule has 3 fully saturated rings. The SMILES string of the molecule is CC(=O)O[C@@H]1C[C@H]2C(=O)O[C@@H](c3ccoc3)C[C@]2(C)[C@H]2CC=C[C@H]3C(=O)OC[C@]213. The maximum atomic E-state index is 13.1. The summed E-state index contributed by atoms with van der Waals surface area (Å²) >= 11 is 0. The first-order valence-corrected chi connectivity index (χ1v) is 10.1. The second-order valence-electron chi connectivity index (χ2n) is 8.99. The molecule has 7 atom stereocenters. The Morgan fingerprint density at radius 1 is 1.28 bits per heavy atom. The molecule has 0 unspecified atom stereocenters. The maximum absolute atomic E-state index is 13.1. The van der Waals surface area contributed by atoms with Crippen molar-refractivity contribution in [2.24, 2.45) is 28.6 Å². The van der Waals surface area contributed by atoms with Crippen LogP contribution in [0, 0.1) is 28.6 Å². The molecule has 5 rings (SSSR count). The average Bonchev–Trinajstić information content (AvgIpc) is 3.32. The lowest BCUT2D eigenvalue weighted by atomic mass is 9.44. The third kappa shape index (κ3) is 2.45. The zero-order chi connectivity index (χ0) is 20.4. The molecular formula is C22H24O7. The van der Waals surface area contributed by atoms with Gasteiger partial charge in [0.25, 0.3) is 0 Å². The summed E-state index contributed by atoms with van der Waals surface area (Å²) in [5, 5.41) is 0. The van der Waals surface area contributed by atoms with E-state index in [4.69, 9.17) is 18.6 Å². The molecule has 154 valence electrons. The van der Waals surface area contributed by atoms with Crippen LogP contribution in [0.4, 0.5) is 0 Å². The number of rotatable bonds is 2. The summed E-state index contributed by atoms with van der Waals surface area (Å²) in [5.74, 6) is -1.91. The van der Waals surface area contributed by atoms with Crippen LogP contribution >= 0.6 is 0 Å². The predicted molar refractivity (Wildman–Crippen MR) is 98.1 cm³/mol. The minimum atomic E-state index is -0.651. The number of cyclic esters (lactones) is 2. The van der Waals surface area contributed by atoms with E-state index >= 15 is 0 Å². The molecule has 0 radical (unpaired) electrons. The van der Waals surface area contributed by atoms with E-state index in [1.165, 1.54) is 6.92 Å². The van der Waals surface area contributed by atoms with Crippen LogP contribution in [-0.4, -0.2) is 30.6 Å². The Bertz CT molecular complexity index is 887. The lowest BCUT2D eigenvalue weighted by molar-refractivity contribution is -0.222. The molecule has 0 bridgehead atoms. The van der Waals surface area contributed by atoms with Gasteiger partial charge in [0.2, 0.25) is 0 Å². The summed E-state index contributed by atoms with van der Waals surface area (Å²) in [4.78, 5) is 37.5. The number of hydrogen-bond acceptors (Lipinski definition) is 7. The Morgan fingerprint density at radius 2 is 2.10 bits per heavy atom. The lowest BCUT2D eigenvalue weighted by Crippen LogP contribution is -2.64. The molecule has 1 aromatic rings. The van der Waals surface area contributed by atoms with Crippen molar-refractivity contribution < 1.29 is 33.0 Å². The van der Waals surface area contributed by atoms with E-state index in [-0.39, 0.29) is 24.5 Å². The summed E-state index contributed by atoms with van der Waals surface area (Å²) in [6, 6.07) is 1.81. The van der Waals surface area contributed by atoms with Crippen molar-refractivity contribution in [2.75, 3.05) is 6.61 Å². The van der Waals surface area contributed by atoms with Gasteiger partial charge in [0.15, 0.2) is 0 Å². The van der Waals surface area contributed by atoms with E-state index in [1.54, 1.807) is 12.5 Å². The number of allylic oxidation sites excluding steroid dienone is 1. The Labute approximate surface area is 168 Å². The summed E-state index contributed by atoms with van der Waals surface area (Å²) in [6.07, 6.45) is 7.76. The first-order chi connectivity index (χ1) is 13.9. The molecule has 1 spiro atoms. The fraction of sp³-hybridized carbons (Fsp3) is 0.591. The van der Waals surface area contributed by atoms with Crippen LogP contribution in [0.15, 0.2) is 35.2 Å². The predicted octanol–water partition coefficient (Wildman–Crippen LogP) is 2.96. The highest BCUT2D eigenvalue weighted by Gasteiger charge is 2.71. The normalized spacial score (nSPS) is 42.9. The highest BCUT2D eigenvalue weighted by atomic mass is 16.6. The topological polar surface area (TPSA) is 92.0 Å². The fourth-order valence-corrected chi connectivity index (χ4v) is 6.40. The van der Waals surface area contributed by atoms with Crippen LogP contribution in [-0.2, 0) is 28.6 Å². The van der Waals surface area contributed by atoms with Crippen molar-refractivity contribution in [2.45, 2.75) is 45.3 Å². The molecule has 2 saturated heterocycles. The molecule has 2 aliphatic heterocycles. The van der Waals surface area contributed by atoms with Crippen LogP contribution in [0.3, 0.4) is 0 Å². The highest BCUT2D eigenvalue weighted by Crippen LogP contribution is 2.66. The molecule has 7 heteroatoms. The molecule has 1 aromatic heterocycles. The first-order valence-electron chi connectivity index (χ1n) is 10.1. The van der Waals surface area contributed by atoms with Crippen LogP contribution in [0.25, 0.3) is 0 Å². The van der Waals surface area contributed by atoms with Gasteiger partial charge in [-0.25, -0.2) is 0 Å². The van der Waals surface area contributed by atoms with Gasteiger partial charge in [-0.1, -0.05) is 19.1 Å². The monoisotopic (exact) mass is 400 g/mol. The summed E-state index contributed by atoms with van der Waals surface area (Å²) in [5.41, 5.74) is -0.248. The Kier molecular flexibility index (Phi) is 3.95. The number of carbonyl (C=O) groups is 3. The molecule has 0 aromatic carbocycles. The van der Waals surface area contributed by atoms with Crippen molar-refractivity contribution in [1.29, 1.82) is 0 Å². The Morgan fingerprint density at radius 3 is 2.83 bits per heavy atom. The number of carbonyl (C=O) groups excluding carboxylic acids is 3. The van der Waals surface area contributed by atoms with Crippen molar-refractivity contribution in [3.63, 3.8) is 0 Å². The van der Waals surface area contributed by atoms with Crippen LogP contribution in [0.1, 0.15) is 44.8 Å². The maximum Gasteiger partial charge on any atom is 0.313 e. The number of hydrogen-bond donors (Lipinski definition) is 0. The fourth-order valence-electron chi connectivity index (χ4n) is 6.40. The van der Waals surface area contributed by atoms with Crippen LogP contribution in [0.5, 0.6) is 0 Å². The van der Waals surface area contributed by atoms with Gasteiger partial charge < -0.3 is 18.6 Å². The van der Waals surface area contributed by atoms with E-state index in [2.05, 4.69) is 6.92 Å². The van der Waals surface area contributed by atoms with Crippen molar-refractivity contribution in [1.82, 2.24) is 0 Å². The van der Waals surface area contributed by atoms with Crippen molar-refractivity contribution in [3.05, 3.63) is 36.3 Å². The quantitative estimate of drug-likeness (QED) is 0.428. The molecule has 0 N–H and O–H groups in total. The molecule has 4 aliphatic rings. The lowest BCUT2D eigenvalue weighted by Gasteiger charge is -2.61. The Hall–Kier alpha value is -2.57. The third-order valence-electron chi connectivity index (χ3n) is 7.68. The first kappa shape index (κ1) is 18.5. The number of ether oxygens (including phenoxy) is 3. The van der Waals surface area contributed by atoms with Gasteiger partial charge in [-0.2, -0.15) is 0 Å².